The Hall–Kier alpha value is -4.06. The number of methoxy groups -OCH3 is 1. The van der Waals surface area contributed by atoms with Gasteiger partial charge in [-0.3, -0.25) is 9.59 Å². The summed E-state index contributed by atoms with van der Waals surface area (Å²) in [7, 11) is 1.61. The van der Waals surface area contributed by atoms with Gasteiger partial charge in [-0.15, -0.1) is 0 Å². The van der Waals surface area contributed by atoms with Crippen LogP contribution in [0.3, 0.4) is 0 Å². The van der Waals surface area contributed by atoms with Crippen molar-refractivity contribution >= 4 is 22.7 Å². The minimum atomic E-state index is -0.322. The van der Waals surface area contributed by atoms with Crippen molar-refractivity contribution in [1.29, 1.82) is 0 Å². The normalized spacial score (nSPS) is 15.1. The van der Waals surface area contributed by atoms with Gasteiger partial charge in [0.1, 0.15) is 12.3 Å². The first kappa shape index (κ1) is 19.9. The molecule has 2 heterocycles. The predicted molar refractivity (Wildman–Crippen MR) is 122 cm³/mol. The van der Waals surface area contributed by atoms with Gasteiger partial charge in [0.2, 0.25) is 5.91 Å². The van der Waals surface area contributed by atoms with E-state index in [0.717, 1.165) is 33.3 Å². The highest BCUT2D eigenvalue weighted by Gasteiger charge is 2.39. The summed E-state index contributed by atoms with van der Waals surface area (Å²) in [5.41, 5.74) is 4.48. The summed E-state index contributed by atoms with van der Waals surface area (Å²) >= 11 is 0. The molecule has 3 aromatic carbocycles. The van der Waals surface area contributed by atoms with E-state index in [1.807, 2.05) is 79.0 Å². The van der Waals surface area contributed by atoms with Crippen molar-refractivity contribution in [1.82, 2.24) is 15.2 Å². The van der Waals surface area contributed by atoms with Crippen molar-refractivity contribution in [3.05, 3.63) is 101 Å². The van der Waals surface area contributed by atoms with Crippen LogP contribution in [0.25, 0.3) is 10.9 Å². The van der Waals surface area contributed by atoms with E-state index in [9.17, 15) is 9.59 Å². The minimum absolute atomic E-state index is 0.0261. The van der Waals surface area contributed by atoms with Gasteiger partial charge >= 0.3 is 0 Å². The molecule has 0 saturated carbocycles. The van der Waals surface area contributed by atoms with Crippen LogP contribution in [-0.2, 0) is 11.3 Å². The Morgan fingerprint density at radius 3 is 2.72 bits per heavy atom. The summed E-state index contributed by atoms with van der Waals surface area (Å²) in [5.74, 6) is 0.396. The largest absolute Gasteiger partial charge is 0.497 e. The molecule has 0 fully saturated rings. The molecule has 32 heavy (non-hydrogen) atoms. The zero-order valence-electron chi connectivity index (χ0n) is 17.7. The molecule has 160 valence electrons. The Morgan fingerprint density at radius 2 is 1.84 bits per heavy atom. The minimum Gasteiger partial charge on any atom is -0.497 e. The number of nitrogens with zero attached hydrogens (tertiary/aromatic N) is 1. The van der Waals surface area contributed by atoms with Gasteiger partial charge in [0, 0.05) is 34.8 Å². The Balaban J connectivity index is 1.41. The number of hydrogen-bond donors (Lipinski definition) is 2. The summed E-state index contributed by atoms with van der Waals surface area (Å²) in [6.45, 7) is 0.338. The third-order valence-electron chi connectivity index (χ3n) is 5.91. The fraction of sp³-hybridized carbons (Fsp3) is 0.154. The van der Waals surface area contributed by atoms with Crippen molar-refractivity contribution in [3.8, 4) is 5.75 Å². The summed E-state index contributed by atoms with van der Waals surface area (Å²) in [6.07, 6.45) is 1.94. The molecule has 5 rings (SSSR count). The Morgan fingerprint density at radius 1 is 1.03 bits per heavy atom. The molecule has 6 heteroatoms. The molecule has 1 atom stereocenters. The fourth-order valence-electron chi connectivity index (χ4n) is 4.38. The number of aromatic amines is 1. The van der Waals surface area contributed by atoms with Gasteiger partial charge in [0.05, 0.1) is 13.2 Å². The topological polar surface area (TPSA) is 74.4 Å². The Labute approximate surface area is 185 Å². The number of carbonyl (C=O) groups excluding carboxylic acids is 2. The van der Waals surface area contributed by atoms with Crippen LogP contribution in [-0.4, -0.2) is 35.4 Å². The van der Waals surface area contributed by atoms with E-state index in [-0.39, 0.29) is 24.4 Å². The molecule has 0 radical (unpaired) electrons. The lowest BCUT2D eigenvalue weighted by Crippen LogP contribution is -2.39. The van der Waals surface area contributed by atoms with Gasteiger partial charge in [-0.05, 0) is 35.4 Å². The molecule has 1 aliphatic rings. The Bertz CT molecular complexity index is 1310. The van der Waals surface area contributed by atoms with E-state index < -0.39 is 0 Å². The van der Waals surface area contributed by atoms with Crippen LogP contribution in [0, 0.1) is 0 Å². The number of ether oxygens (including phenoxy) is 1. The molecular formula is C26H23N3O3. The molecule has 1 aromatic heterocycles. The molecule has 0 aliphatic carbocycles. The standard InChI is InChI=1S/C26H23N3O3/c1-32-18-8-6-7-17(13-18)14-28-24(30)16-29-25(20-10-2-3-11-21(20)26(29)31)22-15-27-23-12-5-4-9-19(22)23/h2-13,15,25,27H,14,16H2,1H3,(H,28,30)/t25-/m1/s1. The van der Waals surface area contributed by atoms with E-state index in [1.54, 1.807) is 12.0 Å². The number of carbonyl (C=O) groups is 2. The first-order valence-corrected chi connectivity index (χ1v) is 10.5. The van der Waals surface area contributed by atoms with E-state index in [0.29, 0.717) is 12.1 Å². The number of aromatic nitrogens is 1. The molecule has 0 spiro atoms. The van der Waals surface area contributed by atoms with Crippen molar-refractivity contribution in [2.75, 3.05) is 13.7 Å². The summed E-state index contributed by atoms with van der Waals surface area (Å²) in [5, 5.41) is 3.98. The van der Waals surface area contributed by atoms with Crippen LogP contribution >= 0.6 is 0 Å². The number of nitrogens with one attached hydrogen (secondary N) is 2. The molecule has 2 amide bonds. The number of fused-ring (bicyclic) bond motifs is 2. The number of para-hydroxylation sites is 1. The van der Waals surface area contributed by atoms with Crippen LogP contribution < -0.4 is 10.1 Å². The van der Waals surface area contributed by atoms with E-state index in [2.05, 4.69) is 10.3 Å². The average molecular weight is 425 g/mol. The smallest absolute Gasteiger partial charge is 0.255 e. The molecule has 4 aromatic rings. The van der Waals surface area contributed by atoms with Crippen LogP contribution in [0.4, 0.5) is 0 Å². The molecule has 2 N–H and O–H groups in total. The first-order chi connectivity index (χ1) is 15.7. The monoisotopic (exact) mass is 425 g/mol. The van der Waals surface area contributed by atoms with Gasteiger partial charge in [0.25, 0.3) is 5.91 Å². The third-order valence-corrected chi connectivity index (χ3v) is 5.91. The summed E-state index contributed by atoms with van der Waals surface area (Å²) in [4.78, 5) is 31.1. The quantitative estimate of drug-likeness (QED) is 0.490. The number of hydrogen-bond acceptors (Lipinski definition) is 3. The molecular weight excluding hydrogens is 402 g/mol. The van der Waals surface area contributed by atoms with E-state index in [1.165, 1.54) is 0 Å². The van der Waals surface area contributed by atoms with Gasteiger partial charge in [-0.25, -0.2) is 0 Å². The van der Waals surface area contributed by atoms with Gasteiger partial charge in [0.15, 0.2) is 0 Å². The van der Waals surface area contributed by atoms with Crippen LogP contribution in [0.5, 0.6) is 5.75 Å². The van der Waals surface area contributed by atoms with Gasteiger partial charge < -0.3 is 19.9 Å². The summed E-state index contributed by atoms with van der Waals surface area (Å²) < 4.78 is 5.24. The maximum Gasteiger partial charge on any atom is 0.255 e. The second-order valence-corrected chi connectivity index (χ2v) is 7.84. The first-order valence-electron chi connectivity index (χ1n) is 10.5. The van der Waals surface area contributed by atoms with Crippen molar-refractivity contribution in [3.63, 3.8) is 0 Å². The van der Waals surface area contributed by atoms with E-state index in [4.69, 9.17) is 4.74 Å². The summed E-state index contributed by atoms with van der Waals surface area (Å²) in [6, 6.07) is 22.8. The van der Waals surface area contributed by atoms with Crippen LogP contribution in [0.2, 0.25) is 0 Å². The Kier molecular flexibility index (Phi) is 5.11. The number of amides is 2. The second kappa shape index (κ2) is 8.23. The maximum atomic E-state index is 13.3. The van der Waals surface area contributed by atoms with Crippen LogP contribution in [0.15, 0.2) is 79.0 Å². The van der Waals surface area contributed by atoms with Crippen LogP contribution in [0.1, 0.15) is 33.1 Å². The average Bonchev–Trinajstić information content (AvgIpc) is 3.37. The van der Waals surface area contributed by atoms with Gasteiger partial charge in [-0.1, -0.05) is 48.5 Å². The molecule has 0 saturated heterocycles. The van der Waals surface area contributed by atoms with Crippen molar-refractivity contribution in [2.24, 2.45) is 0 Å². The zero-order valence-corrected chi connectivity index (χ0v) is 17.7. The number of H-pyrrole nitrogens is 1. The SMILES string of the molecule is COc1cccc(CNC(=O)CN2C(=O)c3ccccc3[C@@H]2c2c[nH]c3ccccc23)c1. The van der Waals surface area contributed by atoms with E-state index >= 15 is 0 Å². The highest BCUT2D eigenvalue weighted by Crippen LogP contribution is 2.40. The fourth-order valence-corrected chi connectivity index (χ4v) is 4.38. The third kappa shape index (κ3) is 3.50. The maximum absolute atomic E-state index is 13.3. The van der Waals surface area contributed by atoms with Crippen molar-refractivity contribution < 1.29 is 14.3 Å². The second-order valence-electron chi connectivity index (χ2n) is 7.84. The van der Waals surface area contributed by atoms with Gasteiger partial charge in [-0.2, -0.15) is 0 Å². The molecule has 0 unspecified atom stereocenters. The number of benzene rings is 3. The molecule has 1 aliphatic heterocycles. The lowest BCUT2D eigenvalue weighted by atomic mass is 9.97. The lowest BCUT2D eigenvalue weighted by molar-refractivity contribution is -0.122. The number of rotatable bonds is 6. The highest BCUT2D eigenvalue weighted by atomic mass is 16.5. The molecule has 6 nitrogen and oxygen atoms in total. The zero-order chi connectivity index (χ0) is 22.1. The lowest BCUT2D eigenvalue weighted by Gasteiger charge is -2.25. The molecule has 0 bridgehead atoms. The predicted octanol–water partition coefficient (Wildman–Crippen LogP) is 4.04. The highest BCUT2D eigenvalue weighted by molar-refractivity contribution is 6.02. The van der Waals surface area contributed by atoms with Crippen molar-refractivity contribution in [2.45, 2.75) is 12.6 Å².